The van der Waals surface area contributed by atoms with Crippen LogP contribution in [0.2, 0.25) is 0 Å². The molecule has 0 fully saturated rings. The molecule has 0 saturated heterocycles. The molecule has 31 heavy (non-hydrogen) atoms. The molecule has 7 nitrogen and oxygen atoms in total. The van der Waals surface area contributed by atoms with Gasteiger partial charge < -0.3 is 24.3 Å². The number of hydrogen-bond acceptors (Lipinski definition) is 7. The van der Waals surface area contributed by atoms with Gasteiger partial charge in [-0.1, -0.05) is 18.2 Å². The fourth-order valence-corrected chi connectivity index (χ4v) is 4.15. The number of hydrogen-bond donors (Lipinski definition) is 1. The number of amides is 1. The zero-order valence-corrected chi connectivity index (χ0v) is 18.7. The molecule has 164 valence electrons. The van der Waals surface area contributed by atoms with Crippen molar-refractivity contribution in [2.75, 3.05) is 34.5 Å². The number of thiazole rings is 1. The second-order valence-electron chi connectivity index (χ2n) is 6.65. The van der Waals surface area contributed by atoms with E-state index in [1.807, 2.05) is 24.3 Å². The number of carbonyl (C=O) groups is 1. The Kier molecular flexibility index (Phi) is 7.86. The first-order chi connectivity index (χ1) is 15.1. The second kappa shape index (κ2) is 10.8. The fourth-order valence-electron chi connectivity index (χ4n) is 3.12. The van der Waals surface area contributed by atoms with Crippen molar-refractivity contribution in [3.05, 3.63) is 59.6 Å². The van der Waals surface area contributed by atoms with Gasteiger partial charge in [-0.2, -0.15) is 0 Å². The third-order valence-electron chi connectivity index (χ3n) is 4.61. The van der Waals surface area contributed by atoms with Gasteiger partial charge in [-0.3, -0.25) is 4.79 Å². The van der Waals surface area contributed by atoms with Crippen LogP contribution in [-0.4, -0.2) is 51.5 Å². The number of para-hydroxylation sites is 1. The maximum absolute atomic E-state index is 12.8. The van der Waals surface area contributed by atoms with E-state index in [1.165, 1.54) is 21.3 Å². The molecule has 1 aromatic heterocycles. The molecule has 0 radical (unpaired) electrons. The van der Waals surface area contributed by atoms with Crippen LogP contribution in [0.25, 0.3) is 10.2 Å². The Morgan fingerprint density at radius 3 is 2.48 bits per heavy atom. The number of fused-ring (bicyclic) bond motifs is 1. The van der Waals surface area contributed by atoms with Gasteiger partial charge in [0, 0.05) is 18.5 Å². The van der Waals surface area contributed by atoms with Crippen molar-refractivity contribution in [2.45, 2.75) is 12.5 Å². The van der Waals surface area contributed by atoms with Crippen LogP contribution in [0.15, 0.2) is 49.1 Å². The Morgan fingerprint density at radius 2 is 1.87 bits per heavy atom. The van der Waals surface area contributed by atoms with E-state index < -0.39 is 0 Å². The Bertz CT molecular complexity index is 991. The first-order valence-corrected chi connectivity index (χ1v) is 10.6. The molecule has 1 amide bonds. The highest BCUT2D eigenvalue weighted by Gasteiger charge is 2.19. The smallest absolute Gasteiger partial charge is 0.251 e. The van der Waals surface area contributed by atoms with Crippen LogP contribution in [-0.2, 0) is 11.2 Å². The fraction of sp³-hybridized carbons (Fsp3) is 0.304. The number of nitrogens with zero attached hydrogens (tertiary/aromatic N) is 1. The lowest BCUT2D eigenvalue weighted by Gasteiger charge is -2.18. The van der Waals surface area contributed by atoms with Gasteiger partial charge in [-0.05, 0) is 24.3 Å². The van der Waals surface area contributed by atoms with E-state index >= 15 is 0 Å². The molecule has 3 aromatic rings. The number of nitrogens with one attached hydrogen (secondary N) is 1. The molecule has 2 aromatic carbocycles. The zero-order valence-electron chi connectivity index (χ0n) is 17.8. The summed E-state index contributed by atoms with van der Waals surface area (Å²) >= 11 is 1.63. The van der Waals surface area contributed by atoms with Crippen LogP contribution in [0.1, 0.15) is 15.4 Å². The van der Waals surface area contributed by atoms with Gasteiger partial charge >= 0.3 is 0 Å². The topological polar surface area (TPSA) is 78.9 Å². The summed E-state index contributed by atoms with van der Waals surface area (Å²) in [5.74, 6) is 1.00. The van der Waals surface area contributed by atoms with E-state index in [-0.39, 0.29) is 12.0 Å². The first-order valence-electron chi connectivity index (χ1n) is 9.74. The summed E-state index contributed by atoms with van der Waals surface area (Å²) in [5.41, 5.74) is 1.36. The molecule has 0 bridgehead atoms. The summed E-state index contributed by atoms with van der Waals surface area (Å²) < 4.78 is 23.0. The van der Waals surface area contributed by atoms with Crippen molar-refractivity contribution >= 4 is 27.5 Å². The largest absolute Gasteiger partial charge is 0.493 e. The lowest BCUT2D eigenvalue weighted by molar-refractivity contribution is 0.0680. The van der Waals surface area contributed by atoms with E-state index in [9.17, 15) is 4.79 Å². The van der Waals surface area contributed by atoms with E-state index in [2.05, 4.69) is 16.9 Å². The van der Waals surface area contributed by atoms with Gasteiger partial charge in [0.2, 0.25) is 5.75 Å². The van der Waals surface area contributed by atoms with Gasteiger partial charge in [0.25, 0.3) is 5.91 Å². The zero-order chi connectivity index (χ0) is 22.2. The average Bonchev–Trinajstić information content (AvgIpc) is 3.21. The minimum atomic E-state index is -0.268. The number of benzene rings is 2. The molecule has 0 aliphatic rings. The van der Waals surface area contributed by atoms with Crippen LogP contribution >= 0.6 is 11.3 Å². The summed E-state index contributed by atoms with van der Waals surface area (Å²) in [6, 6.07) is 11.2. The summed E-state index contributed by atoms with van der Waals surface area (Å²) in [6.07, 6.45) is 2.03. The van der Waals surface area contributed by atoms with Gasteiger partial charge in [-0.15, -0.1) is 17.9 Å². The number of aromatic nitrogens is 1. The molecule has 0 aliphatic heterocycles. The monoisotopic (exact) mass is 442 g/mol. The summed E-state index contributed by atoms with van der Waals surface area (Å²) in [4.78, 5) is 17.5. The number of methoxy groups -OCH3 is 3. The van der Waals surface area contributed by atoms with Crippen molar-refractivity contribution in [1.82, 2.24) is 10.3 Å². The third kappa shape index (κ3) is 5.53. The van der Waals surface area contributed by atoms with Crippen LogP contribution in [0.4, 0.5) is 0 Å². The molecule has 0 spiro atoms. The molecule has 1 heterocycles. The minimum absolute atomic E-state index is 0.246. The van der Waals surface area contributed by atoms with Crippen LogP contribution in [0.3, 0.4) is 0 Å². The minimum Gasteiger partial charge on any atom is -0.493 e. The van der Waals surface area contributed by atoms with Gasteiger partial charge in [-0.25, -0.2) is 4.98 Å². The molecular weight excluding hydrogens is 416 g/mol. The Balaban J connectivity index is 1.72. The van der Waals surface area contributed by atoms with Crippen LogP contribution in [0.5, 0.6) is 17.2 Å². The summed E-state index contributed by atoms with van der Waals surface area (Å²) in [7, 11) is 4.54. The number of ether oxygens (including phenoxy) is 4. The predicted octanol–water partition coefficient (Wildman–Crippen LogP) is 3.87. The average molecular weight is 443 g/mol. The predicted molar refractivity (Wildman–Crippen MR) is 122 cm³/mol. The molecule has 1 atom stereocenters. The standard InChI is InChI=1S/C23H26N2O5S/c1-5-10-30-16(13-21-25-17-8-6-7-9-20(17)31-21)14-24-23(26)15-11-18(27-2)22(29-4)19(12-15)28-3/h5-9,11-12,16H,1,10,13-14H2,2-4H3,(H,24,26). The maximum atomic E-state index is 12.8. The summed E-state index contributed by atoms with van der Waals surface area (Å²) in [5, 5.41) is 3.88. The number of carbonyl (C=O) groups excluding carboxylic acids is 1. The van der Waals surface area contributed by atoms with E-state index in [4.69, 9.17) is 18.9 Å². The van der Waals surface area contributed by atoms with Crippen LogP contribution in [0, 0.1) is 0 Å². The highest BCUT2D eigenvalue weighted by Crippen LogP contribution is 2.38. The molecule has 0 aliphatic carbocycles. The molecule has 8 heteroatoms. The van der Waals surface area contributed by atoms with E-state index in [1.54, 1.807) is 29.5 Å². The lowest BCUT2D eigenvalue weighted by Crippen LogP contribution is -2.35. The Hall–Kier alpha value is -3.10. The Labute approximate surface area is 185 Å². The highest BCUT2D eigenvalue weighted by atomic mass is 32.1. The van der Waals surface area contributed by atoms with Gasteiger partial charge in [0.05, 0.1) is 49.3 Å². The SMILES string of the molecule is C=CCOC(CNC(=O)c1cc(OC)c(OC)c(OC)c1)Cc1nc2ccccc2s1. The lowest BCUT2D eigenvalue weighted by atomic mass is 10.1. The molecule has 3 rings (SSSR count). The molecular formula is C23H26N2O5S. The molecule has 1 N–H and O–H groups in total. The van der Waals surface area contributed by atoms with Crippen molar-refractivity contribution in [1.29, 1.82) is 0 Å². The molecule has 1 unspecified atom stereocenters. The van der Waals surface area contributed by atoms with Crippen molar-refractivity contribution < 1.29 is 23.7 Å². The first kappa shape index (κ1) is 22.6. The second-order valence-corrected chi connectivity index (χ2v) is 7.76. The van der Waals surface area contributed by atoms with Crippen LogP contribution < -0.4 is 19.5 Å². The third-order valence-corrected chi connectivity index (χ3v) is 5.67. The summed E-state index contributed by atoms with van der Waals surface area (Å²) in [6.45, 7) is 4.41. The maximum Gasteiger partial charge on any atom is 0.251 e. The van der Waals surface area contributed by atoms with Crippen molar-refractivity contribution in [3.63, 3.8) is 0 Å². The Morgan fingerprint density at radius 1 is 1.16 bits per heavy atom. The van der Waals surface area contributed by atoms with Crippen molar-refractivity contribution in [3.8, 4) is 17.2 Å². The van der Waals surface area contributed by atoms with Gasteiger partial charge in [0.15, 0.2) is 11.5 Å². The van der Waals surface area contributed by atoms with Crippen molar-refractivity contribution in [2.24, 2.45) is 0 Å². The molecule has 0 saturated carbocycles. The van der Waals surface area contributed by atoms with E-state index in [0.29, 0.717) is 42.4 Å². The highest BCUT2D eigenvalue weighted by molar-refractivity contribution is 7.18. The van der Waals surface area contributed by atoms with Gasteiger partial charge in [0.1, 0.15) is 0 Å². The number of rotatable bonds is 11. The van der Waals surface area contributed by atoms with E-state index in [0.717, 1.165) is 15.2 Å². The quantitative estimate of drug-likeness (QED) is 0.454. The normalized spacial score (nSPS) is 11.7.